The molecule has 2 saturated heterocycles. The Morgan fingerprint density at radius 1 is 0.855 bits per heavy atom. The highest BCUT2D eigenvalue weighted by Crippen LogP contribution is 2.29. The number of fused-ring (bicyclic) bond motifs is 1. The number of piperidine rings is 2. The van der Waals surface area contributed by atoms with E-state index in [0.717, 1.165) is 68.0 Å². The van der Waals surface area contributed by atoms with Crippen LogP contribution in [0.5, 0.6) is 11.5 Å². The van der Waals surface area contributed by atoms with E-state index < -0.39 is 16.1 Å². The molecule has 0 spiro atoms. The van der Waals surface area contributed by atoms with Gasteiger partial charge in [0.05, 0.1) is 36.2 Å². The van der Waals surface area contributed by atoms with Gasteiger partial charge in [-0.25, -0.2) is 14.6 Å². The van der Waals surface area contributed by atoms with Crippen LogP contribution in [0, 0.1) is 22.0 Å². The van der Waals surface area contributed by atoms with Gasteiger partial charge in [0, 0.05) is 45.3 Å². The van der Waals surface area contributed by atoms with Crippen molar-refractivity contribution < 1.29 is 33.5 Å². The van der Waals surface area contributed by atoms with E-state index in [1.807, 2.05) is 59.7 Å². The minimum Gasteiger partial charge on any atom is -0.497 e. The van der Waals surface area contributed by atoms with E-state index in [0.29, 0.717) is 48.0 Å². The molecule has 0 saturated carbocycles. The molecule has 5 rings (SSSR count). The number of thiocarbonyl (C=S) groups is 1. The molecule has 1 aromatic heterocycles. The molecular weight excluding hydrogens is 729 g/mol. The number of rotatable bonds is 9. The number of nitrogens with one attached hydrogen (secondary N) is 4. The normalized spacial score (nSPS) is 15.3. The van der Waals surface area contributed by atoms with Crippen molar-refractivity contribution in [2.45, 2.75) is 78.4 Å². The number of methoxy groups -OCH3 is 2. The summed E-state index contributed by atoms with van der Waals surface area (Å²) in [5.41, 5.74) is 1.10. The average molecular weight is 785 g/mol. The molecule has 2 amide bonds. The Bertz CT molecular complexity index is 1770. The number of carbonyl (C=O) groups excluding carboxylic acids is 2. The van der Waals surface area contributed by atoms with Crippen molar-refractivity contribution in [1.29, 1.82) is 0 Å². The summed E-state index contributed by atoms with van der Waals surface area (Å²) >= 11 is 5.28. The molecule has 4 N–H and O–H groups in total. The fourth-order valence-electron chi connectivity index (χ4n) is 6.03. The maximum absolute atomic E-state index is 12.1. The summed E-state index contributed by atoms with van der Waals surface area (Å²) in [5.74, 6) is 2.83. The quantitative estimate of drug-likeness (QED) is 0.0974. The third-order valence-corrected chi connectivity index (χ3v) is 9.23. The van der Waals surface area contributed by atoms with Crippen molar-refractivity contribution in [1.82, 2.24) is 25.1 Å². The Kier molecular flexibility index (Phi) is 14.7. The molecule has 17 heteroatoms. The number of carbonyl (C=O) groups is 2. The van der Waals surface area contributed by atoms with Crippen molar-refractivity contribution >= 4 is 57.9 Å². The summed E-state index contributed by atoms with van der Waals surface area (Å²) in [4.78, 5) is 46.3. The van der Waals surface area contributed by atoms with E-state index in [2.05, 4.69) is 25.9 Å². The van der Waals surface area contributed by atoms with Gasteiger partial charge < -0.3 is 49.7 Å². The van der Waals surface area contributed by atoms with Crippen LogP contribution in [0.25, 0.3) is 11.0 Å². The lowest BCUT2D eigenvalue weighted by Gasteiger charge is -2.33. The van der Waals surface area contributed by atoms with Crippen LogP contribution in [-0.2, 0) is 9.47 Å². The molecule has 0 atom stereocenters. The number of aromatic amines is 1. The number of aromatic nitrogens is 2. The summed E-state index contributed by atoms with van der Waals surface area (Å²) in [5, 5.41) is 20.9. The number of ether oxygens (including phenoxy) is 4. The lowest BCUT2D eigenvalue weighted by atomic mass is 9.97. The predicted octanol–water partition coefficient (Wildman–Crippen LogP) is 7.17. The van der Waals surface area contributed by atoms with Crippen LogP contribution in [0.2, 0.25) is 0 Å². The number of benzene rings is 2. The second-order valence-corrected chi connectivity index (χ2v) is 16.1. The molecule has 2 fully saturated rings. The Labute approximate surface area is 328 Å². The number of H-pyrrole nitrogens is 1. The molecule has 0 radical (unpaired) electrons. The van der Waals surface area contributed by atoms with Crippen LogP contribution in [0.4, 0.5) is 26.9 Å². The van der Waals surface area contributed by atoms with Gasteiger partial charge in [-0.1, -0.05) is 0 Å². The lowest BCUT2D eigenvalue weighted by molar-refractivity contribution is -0.384. The summed E-state index contributed by atoms with van der Waals surface area (Å²) in [6.45, 7) is 15.4. The zero-order chi connectivity index (χ0) is 40.3. The van der Waals surface area contributed by atoms with Gasteiger partial charge >= 0.3 is 12.2 Å². The number of likely N-dealkylation sites (tertiary alicyclic amines) is 2. The molecule has 3 aromatic rings. The number of imidazole rings is 1. The first kappa shape index (κ1) is 42.7. The van der Waals surface area contributed by atoms with Gasteiger partial charge in [-0.15, -0.1) is 0 Å². The first-order chi connectivity index (χ1) is 25.9. The molecule has 3 heterocycles. The summed E-state index contributed by atoms with van der Waals surface area (Å²) < 4.78 is 21.1. The number of nitro groups is 1. The average Bonchev–Trinajstić information content (AvgIpc) is 3.55. The predicted molar refractivity (Wildman–Crippen MR) is 216 cm³/mol. The van der Waals surface area contributed by atoms with E-state index in [4.69, 9.17) is 31.2 Å². The van der Waals surface area contributed by atoms with Gasteiger partial charge in [0.1, 0.15) is 28.4 Å². The number of hydrogen-bond acceptors (Lipinski definition) is 11. The van der Waals surface area contributed by atoms with Crippen molar-refractivity contribution in [3.63, 3.8) is 0 Å². The zero-order valence-electron chi connectivity index (χ0n) is 33.2. The Morgan fingerprint density at radius 2 is 1.36 bits per heavy atom. The van der Waals surface area contributed by atoms with Gasteiger partial charge in [0.2, 0.25) is 5.95 Å². The van der Waals surface area contributed by atoms with Gasteiger partial charge in [0.15, 0.2) is 5.11 Å². The SMILES string of the molecule is COc1ccc(NC(=S)NCC2CCN(C(=O)OC(C)(C)C)CC2)c([N+](=O)[O-])c1.COc1ccc2nc(NCC3CCN(C(=O)OC(C)(C)C)CC3)[nH]c2c1. The van der Waals surface area contributed by atoms with Crippen LogP contribution in [0.1, 0.15) is 67.2 Å². The molecule has 16 nitrogen and oxygen atoms in total. The van der Waals surface area contributed by atoms with Crippen LogP contribution in [0.15, 0.2) is 36.4 Å². The number of hydrogen-bond donors (Lipinski definition) is 4. The second-order valence-electron chi connectivity index (χ2n) is 15.6. The van der Waals surface area contributed by atoms with E-state index in [1.54, 1.807) is 29.0 Å². The van der Waals surface area contributed by atoms with Crippen LogP contribution in [0.3, 0.4) is 0 Å². The molecule has 2 aliphatic rings. The Hall–Kier alpha value is -5.06. The lowest BCUT2D eigenvalue weighted by Crippen LogP contribution is -2.44. The molecular formula is C38H56N8O8S. The van der Waals surface area contributed by atoms with Gasteiger partial charge in [-0.05, 0) is 116 Å². The third-order valence-electron chi connectivity index (χ3n) is 8.98. The van der Waals surface area contributed by atoms with Gasteiger partial charge in [0.25, 0.3) is 5.69 Å². The molecule has 2 aliphatic heterocycles. The second kappa shape index (κ2) is 19.0. The number of anilines is 2. The topological polar surface area (TPSA) is 185 Å². The molecule has 0 bridgehead atoms. The first-order valence-corrected chi connectivity index (χ1v) is 18.9. The number of nitrogens with zero attached hydrogens (tertiary/aromatic N) is 4. The van der Waals surface area contributed by atoms with Crippen molar-refractivity contribution in [2.24, 2.45) is 11.8 Å². The van der Waals surface area contributed by atoms with Gasteiger partial charge in [-0.3, -0.25) is 10.1 Å². The first-order valence-electron chi connectivity index (χ1n) is 18.5. The van der Waals surface area contributed by atoms with Crippen molar-refractivity contribution in [2.75, 3.05) is 64.1 Å². The van der Waals surface area contributed by atoms with Crippen LogP contribution < -0.4 is 25.4 Å². The van der Waals surface area contributed by atoms with Crippen molar-refractivity contribution in [3.05, 3.63) is 46.5 Å². The van der Waals surface area contributed by atoms with E-state index >= 15 is 0 Å². The summed E-state index contributed by atoms with van der Waals surface area (Å²) in [6.07, 6.45) is 3.08. The van der Waals surface area contributed by atoms with Crippen LogP contribution in [-0.4, -0.2) is 107 Å². The molecule has 0 aliphatic carbocycles. The highest BCUT2D eigenvalue weighted by Gasteiger charge is 2.28. The minimum atomic E-state index is -0.503. The highest BCUT2D eigenvalue weighted by molar-refractivity contribution is 7.80. The smallest absolute Gasteiger partial charge is 0.410 e. The number of amides is 2. The standard InChI is InChI=1S/C19H28N4O5S.C19H28N4O3/c1-19(2,3)28-18(24)22-9-7-13(8-10-22)12-20-17(29)21-15-6-5-14(27-4)11-16(15)23(25)26;1-19(2,3)26-18(24)23-9-7-13(8-10-23)12-20-17-21-15-6-5-14(25-4)11-16(15)22-17/h5-6,11,13H,7-10,12H2,1-4H3,(H2,20,21,29);5-6,11,13H,7-10,12H2,1-4H3,(H2,20,21,22). The zero-order valence-corrected chi connectivity index (χ0v) is 34.0. The van der Waals surface area contributed by atoms with Crippen molar-refractivity contribution in [3.8, 4) is 11.5 Å². The van der Waals surface area contributed by atoms with E-state index in [1.165, 1.54) is 13.2 Å². The highest BCUT2D eigenvalue weighted by atomic mass is 32.1. The fourth-order valence-corrected chi connectivity index (χ4v) is 6.22. The fraction of sp³-hybridized carbons (Fsp3) is 0.579. The summed E-state index contributed by atoms with van der Waals surface area (Å²) in [7, 11) is 3.10. The van der Waals surface area contributed by atoms with Crippen LogP contribution >= 0.6 is 12.2 Å². The largest absolute Gasteiger partial charge is 0.497 e. The minimum absolute atomic E-state index is 0.112. The molecule has 0 unspecified atom stereocenters. The monoisotopic (exact) mass is 784 g/mol. The Balaban J connectivity index is 0.000000246. The van der Waals surface area contributed by atoms with E-state index in [9.17, 15) is 19.7 Å². The Morgan fingerprint density at radius 3 is 1.87 bits per heavy atom. The third kappa shape index (κ3) is 13.6. The molecule has 2 aromatic carbocycles. The summed E-state index contributed by atoms with van der Waals surface area (Å²) in [6, 6.07) is 10.3. The van der Waals surface area contributed by atoms with E-state index in [-0.39, 0.29) is 17.9 Å². The van der Waals surface area contributed by atoms with Gasteiger partial charge in [-0.2, -0.15) is 0 Å². The maximum Gasteiger partial charge on any atom is 0.410 e. The maximum atomic E-state index is 12.1. The molecule has 55 heavy (non-hydrogen) atoms. The molecule has 302 valence electrons. The number of nitro benzene ring substituents is 1.